The number of rotatable bonds is 7. The van der Waals surface area contributed by atoms with E-state index < -0.39 is 41.3 Å². The standard InChI is InChI=1S/C24H18BrCl2F3N6O4/c25-14-7-12(26)6-13(21(37)32-16-10-40-35(23(16)39)9-11-3-4-11)19(14)33-22(38)17-8-18(24(28,29)30)34-36(17)20-15(27)2-1-5-31-20/h1-2,5-8,11,16H,3-4,9-10H2,(H,32,37)(H,33,38). The second-order valence-electron chi connectivity index (χ2n) is 9.06. The number of carbonyl (C=O) groups is 3. The van der Waals surface area contributed by atoms with Crippen LogP contribution < -0.4 is 10.6 Å². The Bertz CT molecular complexity index is 1510. The smallest absolute Gasteiger partial charge is 0.338 e. The molecule has 1 saturated carbocycles. The summed E-state index contributed by atoms with van der Waals surface area (Å²) in [6.45, 7) is 0.355. The predicted molar refractivity (Wildman–Crippen MR) is 140 cm³/mol. The highest BCUT2D eigenvalue weighted by Gasteiger charge is 2.39. The lowest BCUT2D eigenvalue weighted by molar-refractivity contribution is -0.162. The molecule has 1 aliphatic heterocycles. The number of anilines is 1. The summed E-state index contributed by atoms with van der Waals surface area (Å²) in [5.41, 5.74) is -2.18. The molecule has 16 heteroatoms. The molecule has 3 amide bonds. The van der Waals surface area contributed by atoms with Gasteiger partial charge in [-0.1, -0.05) is 23.2 Å². The van der Waals surface area contributed by atoms with Crippen LogP contribution in [0, 0.1) is 5.92 Å². The van der Waals surface area contributed by atoms with Gasteiger partial charge in [0.1, 0.15) is 18.3 Å². The second kappa shape index (κ2) is 11.0. The van der Waals surface area contributed by atoms with Gasteiger partial charge in [0.15, 0.2) is 11.5 Å². The number of nitrogens with one attached hydrogen (secondary N) is 2. The summed E-state index contributed by atoms with van der Waals surface area (Å²) in [6.07, 6.45) is -1.61. The van der Waals surface area contributed by atoms with Crippen LogP contribution in [0.2, 0.25) is 10.0 Å². The molecular weight excluding hydrogens is 644 g/mol. The predicted octanol–water partition coefficient (Wildman–Crippen LogP) is 4.89. The average molecular weight is 662 g/mol. The van der Waals surface area contributed by atoms with Crippen molar-refractivity contribution in [2.24, 2.45) is 5.92 Å². The molecule has 3 aromatic rings. The van der Waals surface area contributed by atoms with Crippen LogP contribution in [0.3, 0.4) is 0 Å². The molecule has 210 valence electrons. The molecule has 10 nitrogen and oxygen atoms in total. The summed E-state index contributed by atoms with van der Waals surface area (Å²) in [5.74, 6) is -2.09. The molecule has 1 aliphatic carbocycles. The highest BCUT2D eigenvalue weighted by molar-refractivity contribution is 9.10. The topological polar surface area (TPSA) is 118 Å². The van der Waals surface area contributed by atoms with Crippen LogP contribution in [0.4, 0.5) is 18.9 Å². The zero-order chi connectivity index (χ0) is 28.8. The largest absolute Gasteiger partial charge is 0.435 e. The van der Waals surface area contributed by atoms with Crippen molar-refractivity contribution in [2.45, 2.75) is 25.1 Å². The van der Waals surface area contributed by atoms with Gasteiger partial charge in [-0.05, 0) is 59.0 Å². The third kappa shape index (κ3) is 5.94. The Hall–Kier alpha value is -3.20. The highest BCUT2D eigenvalue weighted by Crippen LogP contribution is 2.34. The van der Waals surface area contributed by atoms with E-state index in [9.17, 15) is 27.6 Å². The number of aromatic nitrogens is 3. The van der Waals surface area contributed by atoms with Crippen molar-refractivity contribution in [3.63, 3.8) is 0 Å². The van der Waals surface area contributed by atoms with Crippen LogP contribution in [0.5, 0.6) is 0 Å². The molecule has 40 heavy (non-hydrogen) atoms. The Morgan fingerprint density at radius 1 is 1.18 bits per heavy atom. The van der Waals surface area contributed by atoms with Gasteiger partial charge in [-0.3, -0.25) is 19.2 Å². The minimum Gasteiger partial charge on any atom is -0.338 e. The van der Waals surface area contributed by atoms with Crippen molar-refractivity contribution in [1.82, 2.24) is 25.1 Å². The first kappa shape index (κ1) is 28.3. The summed E-state index contributed by atoms with van der Waals surface area (Å²) in [7, 11) is 0. The third-order valence-corrected chi connectivity index (χ3v) is 7.22. The lowest BCUT2D eigenvalue weighted by Gasteiger charge is -2.16. The Kier molecular flexibility index (Phi) is 7.79. The van der Waals surface area contributed by atoms with Crippen molar-refractivity contribution in [1.29, 1.82) is 0 Å². The van der Waals surface area contributed by atoms with Crippen molar-refractivity contribution in [3.05, 3.63) is 68.0 Å². The summed E-state index contributed by atoms with van der Waals surface area (Å²) in [5, 5.41) is 9.79. The second-order valence-corrected chi connectivity index (χ2v) is 10.8. The molecule has 1 atom stereocenters. The summed E-state index contributed by atoms with van der Waals surface area (Å²) in [4.78, 5) is 48.6. The van der Waals surface area contributed by atoms with Crippen molar-refractivity contribution >= 4 is 62.5 Å². The zero-order valence-electron chi connectivity index (χ0n) is 20.1. The maximum atomic E-state index is 13.5. The lowest BCUT2D eigenvalue weighted by Crippen LogP contribution is -2.43. The maximum absolute atomic E-state index is 13.5. The molecule has 0 radical (unpaired) electrons. The molecule has 2 fully saturated rings. The van der Waals surface area contributed by atoms with E-state index in [0.717, 1.165) is 12.8 Å². The van der Waals surface area contributed by atoms with Gasteiger partial charge in [0.05, 0.1) is 22.8 Å². The fourth-order valence-electron chi connectivity index (χ4n) is 3.92. The quantitative estimate of drug-likeness (QED) is 0.372. The van der Waals surface area contributed by atoms with Gasteiger partial charge in [0.2, 0.25) is 0 Å². The molecule has 0 spiro atoms. The first-order valence-electron chi connectivity index (χ1n) is 11.8. The van der Waals surface area contributed by atoms with E-state index in [1.165, 1.54) is 35.5 Å². The van der Waals surface area contributed by atoms with Gasteiger partial charge in [-0.2, -0.15) is 18.3 Å². The zero-order valence-corrected chi connectivity index (χ0v) is 23.2. The van der Waals surface area contributed by atoms with Crippen molar-refractivity contribution in [2.75, 3.05) is 18.5 Å². The number of halogens is 6. The molecule has 5 rings (SSSR count). The number of pyridine rings is 1. The van der Waals surface area contributed by atoms with E-state index in [1.807, 2.05) is 0 Å². The van der Waals surface area contributed by atoms with Gasteiger partial charge in [0.25, 0.3) is 17.7 Å². The molecule has 1 aromatic carbocycles. The van der Waals surface area contributed by atoms with Crippen molar-refractivity contribution in [3.8, 4) is 5.82 Å². The number of amides is 3. The van der Waals surface area contributed by atoms with Gasteiger partial charge in [-0.25, -0.2) is 14.7 Å². The Balaban J connectivity index is 1.44. The van der Waals surface area contributed by atoms with Gasteiger partial charge >= 0.3 is 6.18 Å². The number of alkyl halides is 3. The number of carbonyl (C=O) groups excluding carboxylic acids is 3. The van der Waals surface area contributed by atoms with E-state index >= 15 is 0 Å². The van der Waals surface area contributed by atoms with Gasteiger partial charge < -0.3 is 10.6 Å². The van der Waals surface area contributed by atoms with Gasteiger partial charge in [0, 0.05) is 21.8 Å². The molecule has 1 saturated heterocycles. The van der Waals surface area contributed by atoms with Crippen LogP contribution in [0.15, 0.2) is 41.0 Å². The minimum absolute atomic E-state index is 0.0553. The van der Waals surface area contributed by atoms with E-state index in [-0.39, 0.29) is 38.2 Å². The number of nitrogens with zero attached hydrogens (tertiary/aromatic N) is 4. The Morgan fingerprint density at radius 3 is 2.60 bits per heavy atom. The maximum Gasteiger partial charge on any atom is 0.435 e. The molecule has 1 unspecified atom stereocenters. The first-order valence-corrected chi connectivity index (χ1v) is 13.3. The molecule has 0 bridgehead atoms. The number of benzene rings is 1. The van der Waals surface area contributed by atoms with E-state index in [2.05, 4.69) is 36.6 Å². The summed E-state index contributed by atoms with van der Waals surface area (Å²) in [6, 6.07) is 5.01. The third-order valence-electron chi connectivity index (χ3n) is 6.08. The first-order chi connectivity index (χ1) is 18.9. The van der Waals surface area contributed by atoms with E-state index in [0.29, 0.717) is 23.2 Å². The monoisotopic (exact) mass is 660 g/mol. The van der Waals surface area contributed by atoms with Crippen LogP contribution in [0.1, 0.15) is 39.4 Å². The number of hydrogen-bond acceptors (Lipinski definition) is 6. The van der Waals surface area contributed by atoms with E-state index in [1.54, 1.807) is 0 Å². The minimum atomic E-state index is -4.88. The summed E-state index contributed by atoms with van der Waals surface area (Å²) >= 11 is 15.5. The normalized spacial score (nSPS) is 17.3. The fraction of sp³-hybridized carbons (Fsp3) is 0.292. The van der Waals surface area contributed by atoms with Crippen LogP contribution >= 0.6 is 39.1 Å². The highest BCUT2D eigenvalue weighted by atomic mass is 79.9. The van der Waals surface area contributed by atoms with Crippen LogP contribution in [-0.2, 0) is 15.8 Å². The molecule has 2 aliphatic rings. The van der Waals surface area contributed by atoms with Crippen LogP contribution in [-0.4, -0.2) is 56.7 Å². The van der Waals surface area contributed by atoms with Crippen molar-refractivity contribution < 1.29 is 32.4 Å². The lowest BCUT2D eigenvalue weighted by atomic mass is 10.1. The molecule has 2 aromatic heterocycles. The SMILES string of the molecule is O=C(NC1CON(CC2CC2)C1=O)c1cc(Cl)cc(Br)c1NC(=O)c1cc(C(F)(F)F)nn1-c1ncccc1Cl. The molecule has 2 N–H and O–H groups in total. The molecule has 3 heterocycles. The Morgan fingerprint density at radius 2 is 1.93 bits per heavy atom. The number of hydroxylamine groups is 2. The fourth-order valence-corrected chi connectivity index (χ4v) is 5.03. The summed E-state index contributed by atoms with van der Waals surface area (Å²) < 4.78 is 41.4. The number of hydrogen-bond donors (Lipinski definition) is 2. The van der Waals surface area contributed by atoms with E-state index in [4.69, 9.17) is 28.0 Å². The van der Waals surface area contributed by atoms with Crippen LogP contribution in [0.25, 0.3) is 5.82 Å². The molecular formula is C24H18BrCl2F3N6O4. The average Bonchev–Trinajstić information content (AvgIpc) is 3.48. The van der Waals surface area contributed by atoms with Gasteiger partial charge in [-0.15, -0.1) is 0 Å². The Labute approximate surface area is 242 Å².